The Morgan fingerprint density at radius 1 is 1.39 bits per heavy atom. The molecule has 1 aromatic carbocycles. The van der Waals surface area contributed by atoms with Crippen LogP contribution < -0.4 is 0 Å². The Balaban J connectivity index is 2.05. The SMILES string of the molecule is OC[C@H]1CCCN1C[C@@H](O)c1ccc(F)cc1F. The normalized spacial score (nSPS) is 22.3. The first-order valence-corrected chi connectivity index (χ1v) is 6.09. The highest BCUT2D eigenvalue weighted by molar-refractivity contribution is 5.21. The van der Waals surface area contributed by atoms with Gasteiger partial charge in [0.1, 0.15) is 11.6 Å². The largest absolute Gasteiger partial charge is 0.395 e. The van der Waals surface area contributed by atoms with E-state index in [0.717, 1.165) is 31.5 Å². The molecule has 1 fully saturated rings. The van der Waals surface area contributed by atoms with Crippen molar-refractivity contribution in [2.45, 2.75) is 25.0 Å². The second-order valence-corrected chi connectivity index (χ2v) is 4.66. The van der Waals surface area contributed by atoms with Gasteiger partial charge in [0.15, 0.2) is 0 Å². The first kappa shape index (κ1) is 13.4. The molecule has 18 heavy (non-hydrogen) atoms. The summed E-state index contributed by atoms with van der Waals surface area (Å²) in [5.74, 6) is -1.39. The lowest BCUT2D eigenvalue weighted by Crippen LogP contribution is -2.35. The molecule has 0 amide bonds. The van der Waals surface area contributed by atoms with Crippen molar-refractivity contribution in [3.05, 3.63) is 35.4 Å². The summed E-state index contributed by atoms with van der Waals surface area (Å²) in [6.07, 6.45) is 0.844. The highest BCUT2D eigenvalue weighted by Crippen LogP contribution is 2.23. The maximum Gasteiger partial charge on any atom is 0.131 e. The molecular formula is C13H17F2NO2. The molecule has 0 radical (unpaired) electrons. The quantitative estimate of drug-likeness (QED) is 0.858. The van der Waals surface area contributed by atoms with Crippen LogP contribution in [0.1, 0.15) is 24.5 Å². The van der Waals surface area contributed by atoms with E-state index in [1.807, 2.05) is 4.90 Å². The number of hydrogen-bond acceptors (Lipinski definition) is 3. The molecule has 2 rings (SSSR count). The Morgan fingerprint density at radius 2 is 2.17 bits per heavy atom. The van der Waals surface area contributed by atoms with E-state index >= 15 is 0 Å². The van der Waals surface area contributed by atoms with Gasteiger partial charge in [0.2, 0.25) is 0 Å². The Morgan fingerprint density at radius 3 is 2.83 bits per heavy atom. The van der Waals surface area contributed by atoms with Crippen LogP contribution in [0.25, 0.3) is 0 Å². The highest BCUT2D eigenvalue weighted by Gasteiger charge is 2.26. The number of hydrogen-bond donors (Lipinski definition) is 2. The lowest BCUT2D eigenvalue weighted by Gasteiger charge is -2.25. The first-order chi connectivity index (χ1) is 8.61. The smallest absolute Gasteiger partial charge is 0.131 e. The fourth-order valence-electron chi connectivity index (χ4n) is 2.43. The number of benzene rings is 1. The second-order valence-electron chi connectivity index (χ2n) is 4.66. The number of nitrogens with zero attached hydrogens (tertiary/aromatic N) is 1. The minimum absolute atomic E-state index is 0.0307. The van der Waals surface area contributed by atoms with Crippen LogP contribution in [0.3, 0.4) is 0 Å². The summed E-state index contributed by atoms with van der Waals surface area (Å²) in [7, 11) is 0. The predicted octanol–water partition coefficient (Wildman–Crippen LogP) is 1.45. The van der Waals surface area contributed by atoms with Crippen molar-refractivity contribution < 1.29 is 19.0 Å². The van der Waals surface area contributed by atoms with Gasteiger partial charge in [-0.3, -0.25) is 4.90 Å². The van der Waals surface area contributed by atoms with Crippen LogP contribution in [-0.4, -0.2) is 40.9 Å². The first-order valence-electron chi connectivity index (χ1n) is 6.09. The van der Waals surface area contributed by atoms with Gasteiger partial charge < -0.3 is 10.2 Å². The Hall–Kier alpha value is -1.04. The molecule has 100 valence electrons. The van der Waals surface area contributed by atoms with Crippen molar-refractivity contribution in [2.24, 2.45) is 0 Å². The zero-order chi connectivity index (χ0) is 13.1. The summed E-state index contributed by atoms with van der Waals surface area (Å²) in [6.45, 7) is 1.08. The Kier molecular flexibility index (Phi) is 4.27. The number of halogens is 2. The van der Waals surface area contributed by atoms with Crippen LogP contribution in [0.15, 0.2) is 18.2 Å². The summed E-state index contributed by atoms with van der Waals surface area (Å²) in [5, 5.41) is 19.1. The molecule has 1 aliphatic heterocycles. The molecule has 2 N–H and O–H groups in total. The van der Waals surface area contributed by atoms with Gasteiger partial charge in [0, 0.05) is 24.2 Å². The van der Waals surface area contributed by atoms with E-state index in [1.54, 1.807) is 0 Å². The molecule has 1 aliphatic rings. The standard InChI is InChI=1S/C13H17F2NO2/c14-9-3-4-11(12(15)6-9)13(18)7-16-5-1-2-10(16)8-17/h3-4,6,10,13,17-18H,1-2,5,7-8H2/t10-,13-/m1/s1. The summed E-state index contributed by atoms with van der Waals surface area (Å²) in [5.41, 5.74) is 0.0972. The Labute approximate surface area is 105 Å². The van der Waals surface area contributed by atoms with Gasteiger partial charge in [0.25, 0.3) is 0 Å². The molecule has 0 spiro atoms. The second kappa shape index (κ2) is 5.73. The van der Waals surface area contributed by atoms with Crippen LogP contribution in [0.5, 0.6) is 0 Å². The minimum atomic E-state index is -1.00. The molecule has 0 aromatic heterocycles. The third kappa shape index (κ3) is 2.85. The molecule has 5 heteroatoms. The third-order valence-electron chi connectivity index (χ3n) is 3.44. The van der Waals surface area contributed by atoms with Crippen LogP contribution in [-0.2, 0) is 0 Å². The summed E-state index contributed by atoms with van der Waals surface area (Å²) >= 11 is 0. The van der Waals surface area contributed by atoms with E-state index in [4.69, 9.17) is 5.11 Å². The van der Waals surface area contributed by atoms with Gasteiger partial charge in [-0.1, -0.05) is 6.07 Å². The molecule has 1 saturated heterocycles. The van der Waals surface area contributed by atoms with Crippen molar-refractivity contribution in [3.8, 4) is 0 Å². The van der Waals surface area contributed by atoms with Gasteiger partial charge in [-0.2, -0.15) is 0 Å². The molecule has 0 bridgehead atoms. The lowest BCUT2D eigenvalue weighted by molar-refractivity contribution is 0.0830. The Bertz CT molecular complexity index is 414. The van der Waals surface area contributed by atoms with E-state index in [0.29, 0.717) is 0 Å². The van der Waals surface area contributed by atoms with E-state index in [-0.39, 0.29) is 24.8 Å². The van der Waals surface area contributed by atoms with Crippen molar-refractivity contribution in [2.75, 3.05) is 19.7 Å². The van der Waals surface area contributed by atoms with Gasteiger partial charge in [-0.15, -0.1) is 0 Å². The maximum absolute atomic E-state index is 13.5. The maximum atomic E-state index is 13.5. The molecule has 1 heterocycles. The monoisotopic (exact) mass is 257 g/mol. The molecular weight excluding hydrogens is 240 g/mol. The van der Waals surface area contributed by atoms with Crippen LogP contribution in [0.2, 0.25) is 0 Å². The fourth-order valence-corrected chi connectivity index (χ4v) is 2.43. The topological polar surface area (TPSA) is 43.7 Å². The minimum Gasteiger partial charge on any atom is -0.395 e. The van der Waals surface area contributed by atoms with Gasteiger partial charge in [-0.05, 0) is 25.5 Å². The average molecular weight is 257 g/mol. The van der Waals surface area contributed by atoms with Gasteiger partial charge in [-0.25, -0.2) is 8.78 Å². The van der Waals surface area contributed by atoms with Crippen molar-refractivity contribution in [1.29, 1.82) is 0 Å². The number of aliphatic hydroxyl groups excluding tert-OH is 2. The highest BCUT2D eigenvalue weighted by atomic mass is 19.1. The zero-order valence-corrected chi connectivity index (χ0v) is 10.0. The number of aliphatic hydroxyl groups is 2. The molecule has 0 saturated carbocycles. The lowest BCUT2D eigenvalue weighted by atomic mass is 10.1. The zero-order valence-electron chi connectivity index (χ0n) is 10.0. The molecule has 1 aromatic rings. The van der Waals surface area contributed by atoms with Crippen LogP contribution in [0.4, 0.5) is 8.78 Å². The summed E-state index contributed by atoms with van der Waals surface area (Å²) in [6, 6.07) is 3.20. The third-order valence-corrected chi connectivity index (χ3v) is 3.44. The number of β-amino-alcohol motifs (C(OH)–C–C–N with tert-alkyl or cyclic N) is 1. The number of rotatable bonds is 4. The van der Waals surface area contributed by atoms with Gasteiger partial charge in [0.05, 0.1) is 12.7 Å². The molecule has 3 nitrogen and oxygen atoms in total. The van der Waals surface area contributed by atoms with Crippen molar-refractivity contribution in [1.82, 2.24) is 4.90 Å². The number of likely N-dealkylation sites (tertiary alicyclic amines) is 1. The van der Waals surface area contributed by atoms with Gasteiger partial charge >= 0.3 is 0 Å². The summed E-state index contributed by atoms with van der Waals surface area (Å²) < 4.78 is 26.3. The van der Waals surface area contributed by atoms with E-state index in [2.05, 4.69) is 0 Å². The van der Waals surface area contributed by atoms with Crippen LogP contribution >= 0.6 is 0 Å². The predicted molar refractivity (Wildman–Crippen MR) is 63.0 cm³/mol. The fraction of sp³-hybridized carbons (Fsp3) is 0.538. The molecule has 2 atom stereocenters. The van der Waals surface area contributed by atoms with E-state index in [9.17, 15) is 13.9 Å². The van der Waals surface area contributed by atoms with Crippen molar-refractivity contribution >= 4 is 0 Å². The average Bonchev–Trinajstić information content (AvgIpc) is 2.76. The molecule has 0 aliphatic carbocycles. The van der Waals surface area contributed by atoms with Crippen LogP contribution in [0, 0.1) is 11.6 Å². The molecule has 0 unspecified atom stereocenters. The van der Waals surface area contributed by atoms with Crippen molar-refractivity contribution in [3.63, 3.8) is 0 Å². The van der Waals surface area contributed by atoms with E-state index < -0.39 is 17.7 Å². The van der Waals surface area contributed by atoms with E-state index in [1.165, 1.54) is 6.07 Å². The summed E-state index contributed by atoms with van der Waals surface area (Å²) in [4.78, 5) is 1.94.